The topological polar surface area (TPSA) is 0 Å². The van der Waals surface area contributed by atoms with Crippen molar-refractivity contribution >= 4 is 117 Å². The van der Waals surface area contributed by atoms with Crippen molar-refractivity contribution in [1.82, 2.24) is 0 Å². The molecule has 4 aliphatic rings. The lowest BCUT2D eigenvalue weighted by molar-refractivity contribution is 1.32. The van der Waals surface area contributed by atoms with Crippen LogP contribution < -0.4 is 0 Å². The van der Waals surface area contributed by atoms with Crippen molar-refractivity contribution in [2.24, 2.45) is 0 Å². The van der Waals surface area contributed by atoms with Crippen LogP contribution in [0.1, 0.15) is 22.3 Å². The first kappa shape index (κ1) is 24.1. The Bertz CT molecular complexity index is 1110. The highest BCUT2D eigenvalue weighted by molar-refractivity contribution is 8.05. The van der Waals surface area contributed by atoms with Gasteiger partial charge in [0.1, 0.15) is 6.28 Å². The van der Waals surface area contributed by atoms with Crippen molar-refractivity contribution < 1.29 is 0 Å². The molecule has 4 aliphatic heterocycles. The minimum Gasteiger partial charge on any atom is -0.109 e. The van der Waals surface area contributed by atoms with Gasteiger partial charge >= 0.3 is 0 Å². The van der Waals surface area contributed by atoms with E-state index in [1.165, 1.54) is 39.1 Å². The van der Waals surface area contributed by atoms with Crippen LogP contribution in [-0.2, 0) is 23.0 Å². The first-order valence-electron chi connectivity index (χ1n) is 9.57. The highest BCUT2D eigenvalue weighted by Gasteiger charge is 2.12. The van der Waals surface area contributed by atoms with Crippen LogP contribution in [0.2, 0.25) is 0 Å². The van der Waals surface area contributed by atoms with Gasteiger partial charge in [0.05, 0.1) is 16.8 Å². The Hall–Kier alpha value is 0.380. The van der Waals surface area contributed by atoms with Crippen LogP contribution in [0.25, 0.3) is 0 Å². The highest BCUT2D eigenvalue weighted by Crippen LogP contribution is 2.44. The van der Waals surface area contributed by atoms with E-state index in [1.54, 1.807) is 45.3 Å². The molecule has 0 amide bonds. The predicted molar refractivity (Wildman–Crippen MR) is 157 cm³/mol. The van der Waals surface area contributed by atoms with Gasteiger partial charge in [0, 0.05) is 23.0 Å². The number of benzene rings is 2. The summed E-state index contributed by atoms with van der Waals surface area (Å²) < 4.78 is 7.47. The van der Waals surface area contributed by atoms with Crippen LogP contribution >= 0.6 is 117 Å². The maximum Gasteiger partial charge on any atom is 0.145 e. The van der Waals surface area contributed by atoms with Gasteiger partial charge in [-0.3, -0.25) is 0 Å². The summed E-state index contributed by atoms with van der Waals surface area (Å²) in [6.07, 6.45) is 0. The molecule has 2 aromatic heterocycles. The van der Waals surface area contributed by atoms with E-state index in [-0.39, 0.29) is 0 Å². The number of rotatable bonds is 0. The quantitative estimate of drug-likeness (QED) is 0.183. The summed E-state index contributed by atoms with van der Waals surface area (Å²) in [6.45, 7) is 0. The van der Waals surface area contributed by atoms with Gasteiger partial charge in [0.15, 0.2) is 0 Å². The standard InChI is InChI=1S/C22H16S10/c23-21-29-17-18(30-21)27-11-15-5-7-16(8-6-15)12-28-20-19(31-22(24)32-20)26-10-14-2-1-13(3-4-14)9-25-17/h1-8H,9-12H2. The second-order valence-electron chi connectivity index (χ2n) is 6.85. The molecule has 0 saturated heterocycles. The molecule has 4 bridgehead atoms. The number of hydrogen-bond acceptors (Lipinski definition) is 10. The summed E-state index contributed by atoms with van der Waals surface area (Å²) in [4.78, 5) is 0. The molecule has 0 atom stereocenters. The van der Waals surface area contributed by atoms with E-state index >= 15 is 0 Å². The molecule has 0 spiro atoms. The van der Waals surface area contributed by atoms with Gasteiger partial charge in [-0.15, -0.1) is 92.4 Å². The average Bonchev–Trinajstić information content (AvgIpc) is 3.35. The van der Waals surface area contributed by atoms with Gasteiger partial charge in [0.25, 0.3) is 0 Å². The van der Waals surface area contributed by atoms with E-state index in [0.29, 0.717) is 0 Å². The molecular formula is C22H16S10. The first-order valence-corrected chi connectivity index (χ1v) is 17.6. The van der Waals surface area contributed by atoms with E-state index in [9.17, 15) is 0 Å². The Morgan fingerprint density at radius 3 is 0.844 bits per heavy atom. The molecule has 0 fully saturated rings. The molecule has 4 aromatic rings. The molecule has 0 saturated carbocycles. The molecule has 164 valence electrons. The van der Waals surface area contributed by atoms with Gasteiger partial charge in [-0.1, -0.05) is 73.0 Å². The van der Waals surface area contributed by atoms with E-state index in [1.807, 2.05) is 47.0 Å². The summed E-state index contributed by atoms with van der Waals surface area (Å²) in [7, 11) is 0. The van der Waals surface area contributed by atoms with E-state index < -0.39 is 0 Å². The predicted octanol–water partition coefficient (Wildman–Crippen LogP) is 10.9. The SMILES string of the molecule is S=c1sc2c(s1)SCc1ccc(cc1)CSc1sc(=S)sc1SCc1ccc(cc1)CS2. The molecule has 32 heavy (non-hydrogen) atoms. The summed E-state index contributed by atoms with van der Waals surface area (Å²) in [6, 6.07) is 18.2. The molecule has 6 heterocycles. The Balaban J connectivity index is 1.43. The van der Waals surface area contributed by atoms with Crippen molar-refractivity contribution in [2.75, 3.05) is 0 Å². The van der Waals surface area contributed by atoms with Crippen molar-refractivity contribution in [3.05, 3.63) is 77.1 Å². The molecule has 0 radical (unpaired) electrons. The van der Waals surface area contributed by atoms with Crippen molar-refractivity contribution in [2.45, 2.75) is 39.8 Å². The van der Waals surface area contributed by atoms with E-state index in [4.69, 9.17) is 24.4 Å². The van der Waals surface area contributed by atoms with Crippen LogP contribution in [0.5, 0.6) is 0 Å². The zero-order chi connectivity index (χ0) is 21.9. The molecule has 0 N–H and O–H groups in total. The Morgan fingerprint density at radius 1 is 0.406 bits per heavy atom. The third-order valence-electron chi connectivity index (χ3n) is 4.56. The van der Waals surface area contributed by atoms with Crippen molar-refractivity contribution in [3.8, 4) is 0 Å². The maximum atomic E-state index is 5.51. The monoisotopic (exact) mass is 600 g/mol. The summed E-state index contributed by atoms with van der Waals surface area (Å²) in [5.74, 6) is 3.91. The summed E-state index contributed by atoms with van der Waals surface area (Å²) >= 11 is 25.7. The molecular weight excluding hydrogens is 585 g/mol. The van der Waals surface area contributed by atoms with Crippen LogP contribution in [0.15, 0.2) is 65.4 Å². The lowest BCUT2D eigenvalue weighted by Crippen LogP contribution is -1.86. The zero-order valence-corrected chi connectivity index (χ0v) is 24.7. The highest BCUT2D eigenvalue weighted by atomic mass is 32.2. The van der Waals surface area contributed by atoms with Crippen LogP contribution in [0.4, 0.5) is 0 Å². The van der Waals surface area contributed by atoms with Crippen LogP contribution in [0, 0.1) is 6.28 Å². The third kappa shape index (κ3) is 6.33. The molecule has 2 aromatic carbocycles. The minimum absolute atomic E-state index is 0.977. The van der Waals surface area contributed by atoms with E-state index in [2.05, 4.69) is 48.5 Å². The van der Waals surface area contributed by atoms with Gasteiger partial charge in [0.2, 0.25) is 0 Å². The lowest BCUT2D eigenvalue weighted by atomic mass is 10.2. The first-order chi connectivity index (χ1) is 15.6. The Morgan fingerprint density at radius 2 is 0.625 bits per heavy atom. The smallest absolute Gasteiger partial charge is 0.109 e. The Labute approximate surface area is 231 Å². The number of hydrogen-bond donors (Lipinski definition) is 0. The zero-order valence-electron chi connectivity index (χ0n) is 16.5. The fraction of sp³-hybridized carbons (Fsp3) is 0.182. The van der Waals surface area contributed by atoms with Gasteiger partial charge in [-0.05, 0) is 22.3 Å². The summed E-state index contributed by atoms with van der Waals surface area (Å²) in [5, 5.41) is 0. The largest absolute Gasteiger partial charge is 0.145 e. The van der Waals surface area contributed by atoms with Gasteiger partial charge in [-0.25, -0.2) is 0 Å². The molecule has 0 aliphatic carbocycles. The van der Waals surface area contributed by atoms with Crippen LogP contribution in [-0.4, -0.2) is 0 Å². The summed E-state index contributed by atoms with van der Waals surface area (Å²) in [5.41, 5.74) is 5.43. The second kappa shape index (κ2) is 11.4. The minimum atomic E-state index is 0.977. The van der Waals surface area contributed by atoms with Gasteiger partial charge < -0.3 is 0 Å². The number of thioether (sulfide) groups is 4. The van der Waals surface area contributed by atoms with Crippen LogP contribution in [0.3, 0.4) is 0 Å². The van der Waals surface area contributed by atoms with Crippen molar-refractivity contribution in [3.63, 3.8) is 0 Å². The van der Waals surface area contributed by atoms with E-state index in [0.717, 1.165) is 29.3 Å². The second-order valence-corrected chi connectivity index (χ2v) is 18.3. The van der Waals surface area contributed by atoms with Crippen molar-refractivity contribution in [1.29, 1.82) is 0 Å². The van der Waals surface area contributed by atoms with Gasteiger partial charge in [-0.2, -0.15) is 0 Å². The Kier molecular flexibility index (Phi) is 8.59. The fourth-order valence-corrected chi connectivity index (χ4v) is 15.0. The molecule has 8 rings (SSSR count). The normalized spacial score (nSPS) is 14.8. The molecule has 0 unspecified atom stereocenters. The molecule has 10 heteroatoms. The lowest BCUT2D eigenvalue weighted by Gasteiger charge is -2.08. The average molecular weight is 601 g/mol. The fourth-order valence-electron chi connectivity index (χ4n) is 2.92. The maximum absolute atomic E-state index is 5.51. The molecule has 0 nitrogen and oxygen atoms in total. The third-order valence-corrected chi connectivity index (χ3v) is 16.0.